The van der Waals surface area contributed by atoms with Crippen molar-refractivity contribution < 1.29 is 0 Å². The van der Waals surface area contributed by atoms with Crippen LogP contribution in [-0.4, -0.2) is 23.5 Å². The highest BCUT2D eigenvalue weighted by Crippen LogP contribution is 2.38. The van der Waals surface area contributed by atoms with E-state index in [1.165, 1.54) is 13.0 Å². The molecule has 1 aliphatic carbocycles. The van der Waals surface area contributed by atoms with Gasteiger partial charge in [-0.15, -0.1) is 0 Å². The van der Waals surface area contributed by atoms with Crippen LogP contribution in [0.25, 0.3) is 0 Å². The van der Waals surface area contributed by atoms with E-state index in [1.807, 2.05) is 12.1 Å². The fourth-order valence-electron chi connectivity index (χ4n) is 2.05. The molecule has 1 saturated carbocycles. The van der Waals surface area contributed by atoms with Gasteiger partial charge in [-0.05, 0) is 37.4 Å². The zero-order valence-corrected chi connectivity index (χ0v) is 9.98. The lowest BCUT2D eigenvalue weighted by Gasteiger charge is -2.16. The van der Waals surface area contributed by atoms with Crippen molar-refractivity contribution in [1.29, 1.82) is 0 Å². The fraction of sp³-hybridized carbons (Fsp3) is 0.583. The highest BCUT2D eigenvalue weighted by Gasteiger charge is 2.32. The first-order valence-electron chi connectivity index (χ1n) is 5.79. The average molecular weight is 220 g/mol. The first kappa shape index (κ1) is 11.4. The molecule has 16 heavy (non-hydrogen) atoms. The number of hydrazine groups is 1. The van der Waals surface area contributed by atoms with E-state index in [0.29, 0.717) is 0 Å². The molecule has 2 rings (SSSR count). The normalized spacial score (nSPS) is 23.5. The highest BCUT2D eigenvalue weighted by atomic mass is 15.2. The zero-order chi connectivity index (χ0) is 11.5. The SMILES string of the molecule is CC1CC1CN(C)Cc1cc(NN)ccn1. The van der Waals surface area contributed by atoms with Gasteiger partial charge in [0.25, 0.3) is 0 Å². The number of rotatable bonds is 5. The maximum atomic E-state index is 5.37. The molecule has 1 aliphatic rings. The molecule has 1 fully saturated rings. The van der Waals surface area contributed by atoms with Gasteiger partial charge in [-0.1, -0.05) is 6.92 Å². The molecule has 0 aromatic carbocycles. The number of hydrogen-bond donors (Lipinski definition) is 2. The predicted octanol–water partition coefficient (Wildman–Crippen LogP) is 1.45. The Balaban J connectivity index is 1.87. The number of aromatic nitrogens is 1. The summed E-state index contributed by atoms with van der Waals surface area (Å²) in [5.41, 5.74) is 4.62. The molecule has 1 aromatic heterocycles. The van der Waals surface area contributed by atoms with Crippen LogP contribution in [0.2, 0.25) is 0 Å². The van der Waals surface area contributed by atoms with E-state index < -0.39 is 0 Å². The van der Waals surface area contributed by atoms with Gasteiger partial charge in [-0.2, -0.15) is 0 Å². The number of nitrogens with one attached hydrogen (secondary N) is 1. The third-order valence-corrected chi connectivity index (χ3v) is 3.24. The quantitative estimate of drug-likeness (QED) is 0.582. The van der Waals surface area contributed by atoms with Gasteiger partial charge in [0.1, 0.15) is 0 Å². The minimum absolute atomic E-state index is 0.888. The molecule has 0 saturated heterocycles. The lowest BCUT2D eigenvalue weighted by molar-refractivity contribution is 0.304. The van der Waals surface area contributed by atoms with Crippen LogP contribution < -0.4 is 11.3 Å². The summed E-state index contributed by atoms with van der Waals surface area (Å²) in [6.45, 7) is 4.37. The van der Waals surface area contributed by atoms with Crippen molar-refractivity contribution >= 4 is 5.69 Å². The Morgan fingerprint density at radius 2 is 2.38 bits per heavy atom. The monoisotopic (exact) mass is 220 g/mol. The molecule has 88 valence electrons. The van der Waals surface area contributed by atoms with Crippen molar-refractivity contribution in [2.75, 3.05) is 19.0 Å². The van der Waals surface area contributed by atoms with Crippen molar-refractivity contribution in [1.82, 2.24) is 9.88 Å². The van der Waals surface area contributed by atoms with Gasteiger partial charge in [-0.25, -0.2) is 0 Å². The molecule has 1 heterocycles. The molecule has 4 nitrogen and oxygen atoms in total. The largest absolute Gasteiger partial charge is 0.324 e. The molecule has 3 N–H and O–H groups in total. The van der Waals surface area contributed by atoms with Crippen molar-refractivity contribution in [3.05, 3.63) is 24.0 Å². The Bertz CT molecular complexity index is 353. The van der Waals surface area contributed by atoms with Crippen LogP contribution in [0, 0.1) is 11.8 Å². The van der Waals surface area contributed by atoms with Gasteiger partial charge < -0.3 is 10.3 Å². The lowest BCUT2D eigenvalue weighted by Crippen LogP contribution is -2.21. The van der Waals surface area contributed by atoms with E-state index in [-0.39, 0.29) is 0 Å². The van der Waals surface area contributed by atoms with E-state index in [1.54, 1.807) is 6.20 Å². The van der Waals surface area contributed by atoms with E-state index >= 15 is 0 Å². The van der Waals surface area contributed by atoms with Gasteiger partial charge in [0, 0.05) is 19.3 Å². The Hall–Kier alpha value is -1.13. The third kappa shape index (κ3) is 2.93. The fourth-order valence-corrected chi connectivity index (χ4v) is 2.05. The lowest BCUT2D eigenvalue weighted by atomic mass is 10.2. The van der Waals surface area contributed by atoms with Crippen LogP contribution in [0.4, 0.5) is 5.69 Å². The third-order valence-electron chi connectivity index (χ3n) is 3.24. The second-order valence-corrected chi connectivity index (χ2v) is 4.85. The summed E-state index contributed by atoms with van der Waals surface area (Å²) >= 11 is 0. The number of nitrogen functional groups attached to an aromatic ring is 1. The summed E-state index contributed by atoms with van der Waals surface area (Å²) < 4.78 is 0. The van der Waals surface area contributed by atoms with E-state index in [0.717, 1.165) is 29.8 Å². The maximum Gasteiger partial charge on any atom is 0.0564 e. The zero-order valence-electron chi connectivity index (χ0n) is 9.98. The topological polar surface area (TPSA) is 54.2 Å². The minimum Gasteiger partial charge on any atom is -0.324 e. The number of nitrogens with zero attached hydrogens (tertiary/aromatic N) is 2. The van der Waals surface area contributed by atoms with E-state index in [4.69, 9.17) is 5.84 Å². The van der Waals surface area contributed by atoms with Crippen LogP contribution in [0.5, 0.6) is 0 Å². The summed E-state index contributed by atoms with van der Waals surface area (Å²) in [5.74, 6) is 7.17. The van der Waals surface area contributed by atoms with Crippen molar-refractivity contribution in [3.63, 3.8) is 0 Å². The molecule has 1 aromatic rings. The number of hydrogen-bond acceptors (Lipinski definition) is 4. The van der Waals surface area contributed by atoms with Crippen LogP contribution >= 0.6 is 0 Å². The van der Waals surface area contributed by atoms with E-state index in [9.17, 15) is 0 Å². The molecule has 2 unspecified atom stereocenters. The Labute approximate surface area is 96.8 Å². The van der Waals surface area contributed by atoms with Crippen LogP contribution in [0.15, 0.2) is 18.3 Å². The summed E-state index contributed by atoms with van der Waals surface area (Å²) in [6, 6.07) is 3.86. The Morgan fingerprint density at radius 3 is 3.00 bits per heavy atom. The van der Waals surface area contributed by atoms with Gasteiger partial charge >= 0.3 is 0 Å². The second-order valence-electron chi connectivity index (χ2n) is 4.85. The number of pyridine rings is 1. The summed E-state index contributed by atoms with van der Waals surface area (Å²) in [7, 11) is 2.15. The molecule has 0 radical (unpaired) electrons. The maximum absolute atomic E-state index is 5.37. The van der Waals surface area contributed by atoms with Gasteiger partial charge in [0.15, 0.2) is 0 Å². The minimum atomic E-state index is 0.888. The molecule has 0 spiro atoms. The van der Waals surface area contributed by atoms with Gasteiger partial charge in [0.2, 0.25) is 0 Å². The Morgan fingerprint density at radius 1 is 1.62 bits per heavy atom. The predicted molar refractivity (Wildman–Crippen MR) is 65.7 cm³/mol. The van der Waals surface area contributed by atoms with Crippen LogP contribution in [-0.2, 0) is 6.54 Å². The molecular formula is C12H20N4. The van der Waals surface area contributed by atoms with Crippen molar-refractivity contribution in [2.45, 2.75) is 19.9 Å². The summed E-state index contributed by atoms with van der Waals surface area (Å²) in [6.07, 6.45) is 3.17. The highest BCUT2D eigenvalue weighted by molar-refractivity contribution is 5.41. The van der Waals surface area contributed by atoms with Crippen molar-refractivity contribution in [2.24, 2.45) is 17.7 Å². The van der Waals surface area contributed by atoms with Crippen LogP contribution in [0.1, 0.15) is 19.0 Å². The van der Waals surface area contributed by atoms with E-state index in [2.05, 4.69) is 29.3 Å². The summed E-state index contributed by atoms with van der Waals surface area (Å²) in [4.78, 5) is 6.67. The van der Waals surface area contributed by atoms with Crippen molar-refractivity contribution in [3.8, 4) is 0 Å². The summed E-state index contributed by atoms with van der Waals surface area (Å²) in [5, 5.41) is 0. The molecule has 2 atom stereocenters. The first-order valence-corrected chi connectivity index (χ1v) is 5.79. The van der Waals surface area contributed by atoms with Gasteiger partial charge in [-0.3, -0.25) is 10.8 Å². The molecule has 0 amide bonds. The molecule has 4 heteroatoms. The number of nitrogens with two attached hydrogens (primary N) is 1. The first-order chi connectivity index (χ1) is 7.69. The molecule has 0 bridgehead atoms. The number of anilines is 1. The average Bonchev–Trinajstić information content (AvgIpc) is 2.94. The van der Waals surface area contributed by atoms with Crippen LogP contribution in [0.3, 0.4) is 0 Å². The smallest absolute Gasteiger partial charge is 0.0564 e. The van der Waals surface area contributed by atoms with Gasteiger partial charge in [0.05, 0.1) is 11.4 Å². The molecular weight excluding hydrogens is 200 g/mol. The molecule has 0 aliphatic heterocycles. The Kier molecular flexibility index (Phi) is 3.41. The second kappa shape index (κ2) is 4.80. The standard InChI is InChI=1S/C12H20N4/c1-9-5-10(9)7-16(2)8-12-6-11(15-13)3-4-14-12/h3-4,6,9-10H,5,7-8,13H2,1-2H3,(H,14,15).